The van der Waals surface area contributed by atoms with Crippen molar-refractivity contribution in [3.05, 3.63) is 29.8 Å². The summed E-state index contributed by atoms with van der Waals surface area (Å²) in [4.78, 5) is 26.6. The first-order valence-electron chi connectivity index (χ1n) is 6.95. The van der Waals surface area contributed by atoms with Crippen molar-refractivity contribution in [2.45, 2.75) is 26.2 Å². The van der Waals surface area contributed by atoms with Crippen molar-refractivity contribution in [3.8, 4) is 0 Å². The molecule has 2 amide bonds. The molecule has 1 aromatic carbocycles. The van der Waals surface area contributed by atoms with Crippen molar-refractivity contribution in [1.29, 1.82) is 0 Å². The highest BCUT2D eigenvalue weighted by molar-refractivity contribution is 7.80. The zero-order chi connectivity index (χ0) is 15.6. The van der Waals surface area contributed by atoms with Gasteiger partial charge in [0.25, 0.3) is 0 Å². The lowest BCUT2D eigenvalue weighted by molar-refractivity contribution is -0.136. The zero-order valence-corrected chi connectivity index (χ0v) is 13.2. The van der Waals surface area contributed by atoms with Crippen molar-refractivity contribution in [2.75, 3.05) is 18.0 Å². The van der Waals surface area contributed by atoms with Crippen LogP contribution in [0.25, 0.3) is 0 Å². The molecule has 0 radical (unpaired) electrons. The Hall–Kier alpha value is -1.95. The molecule has 1 aromatic rings. The molecule has 0 saturated carbocycles. The monoisotopic (exact) mass is 305 g/mol. The van der Waals surface area contributed by atoms with Gasteiger partial charge in [0, 0.05) is 18.8 Å². The van der Waals surface area contributed by atoms with Crippen molar-refractivity contribution in [1.82, 2.24) is 10.6 Å². The number of thiocarbonyl (C=S) groups is 1. The van der Waals surface area contributed by atoms with Crippen LogP contribution in [0.2, 0.25) is 0 Å². The van der Waals surface area contributed by atoms with Crippen molar-refractivity contribution >= 4 is 34.8 Å². The van der Waals surface area contributed by atoms with E-state index in [4.69, 9.17) is 12.2 Å². The van der Waals surface area contributed by atoms with E-state index in [2.05, 4.69) is 29.4 Å². The molecule has 0 spiro atoms. The summed E-state index contributed by atoms with van der Waals surface area (Å²) in [6, 6.07) is 7.50. The predicted molar refractivity (Wildman–Crippen MR) is 86.2 cm³/mol. The van der Waals surface area contributed by atoms with E-state index in [1.54, 1.807) is 6.92 Å². The maximum atomic E-state index is 12.2. The Balaban J connectivity index is 2.35. The Kier molecular flexibility index (Phi) is 4.27. The van der Waals surface area contributed by atoms with Crippen molar-refractivity contribution < 1.29 is 9.59 Å². The average Bonchev–Trinajstić information content (AvgIpc) is 2.46. The first kappa shape index (κ1) is 15.4. The van der Waals surface area contributed by atoms with Crippen LogP contribution in [0.3, 0.4) is 0 Å². The van der Waals surface area contributed by atoms with Crippen molar-refractivity contribution in [3.63, 3.8) is 0 Å². The smallest absolute Gasteiger partial charge is 0.246 e. The summed E-state index contributed by atoms with van der Waals surface area (Å²) in [7, 11) is 0. The highest BCUT2D eigenvalue weighted by Crippen LogP contribution is 2.28. The third-order valence-electron chi connectivity index (χ3n) is 3.94. The quantitative estimate of drug-likeness (QED) is 0.651. The second kappa shape index (κ2) is 5.81. The van der Waals surface area contributed by atoms with Gasteiger partial charge in [0.1, 0.15) is 0 Å². The van der Waals surface area contributed by atoms with Gasteiger partial charge >= 0.3 is 0 Å². The molecule has 1 aliphatic heterocycles. The SMILES string of the molecule is CCN(CC)c1ccc(C2(C)C(=O)NC(=S)NC2=O)cc1. The highest BCUT2D eigenvalue weighted by atomic mass is 32.1. The van der Waals surface area contributed by atoms with Gasteiger partial charge in [-0.3, -0.25) is 9.59 Å². The van der Waals surface area contributed by atoms with E-state index in [9.17, 15) is 9.59 Å². The highest BCUT2D eigenvalue weighted by Gasteiger charge is 2.46. The Morgan fingerprint density at radius 2 is 1.52 bits per heavy atom. The average molecular weight is 305 g/mol. The van der Waals surface area contributed by atoms with Crippen LogP contribution in [0.15, 0.2) is 24.3 Å². The van der Waals surface area contributed by atoms with Crippen LogP contribution in [-0.2, 0) is 15.0 Å². The number of benzene rings is 1. The van der Waals surface area contributed by atoms with Gasteiger partial charge in [-0.2, -0.15) is 0 Å². The normalized spacial score (nSPS) is 17.2. The molecule has 1 aliphatic rings. The lowest BCUT2D eigenvalue weighted by Crippen LogP contribution is -2.63. The van der Waals surface area contributed by atoms with E-state index in [1.807, 2.05) is 24.3 Å². The van der Waals surface area contributed by atoms with E-state index in [-0.39, 0.29) is 5.11 Å². The molecule has 0 bridgehead atoms. The van der Waals surface area contributed by atoms with Gasteiger partial charge in [0.05, 0.1) is 0 Å². The molecule has 1 fully saturated rings. The summed E-state index contributed by atoms with van der Waals surface area (Å²) in [5.41, 5.74) is 0.458. The van der Waals surface area contributed by atoms with Gasteiger partial charge in [-0.15, -0.1) is 0 Å². The first-order valence-corrected chi connectivity index (χ1v) is 7.36. The lowest BCUT2D eigenvalue weighted by Gasteiger charge is -2.32. The minimum atomic E-state index is -1.26. The largest absolute Gasteiger partial charge is 0.372 e. The third-order valence-corrected chi connectivity index (χ3v) is 4.14. The number of amides is 2. The number of carbonyl (C=O) groups is 2. The second-order valence-corrected chi connectivity index (χ2v) is 5.49. The van der Waals surface area contributed by atoms with Crippen LogP contribution in [0, 0.1) is 0 Å². The fraction of sp³-hybridized carbons (Fsp3) is 0.400. The van der Waals surface area contributed by atoms with Crippen LogP contribution in [0.5, 0.6) is 0 Å². The summed E-state index contributed by atoms with van der Waals surface area (Å²) in [5.74, 6) is -0.793. The van der Waals surface area contributed by atoms with E-state index in [1.165, 1.54) is 0 Å². The standard InChI is InChI=1S/C15H19N3O2S/c1-4-18(5-2)11-8-6-10(7-9-11)15(3)12(19)16-14(21)17-13(15)20/h6-9H,4-5H2,1-3H3,(H2,16,17,19,20,21). The molecule has 1 saturated heterocycles. The summed E-state index contributed by atoms with van der Waals surface area (Å²) in [6.07, 6.45) is 0. The van der Waals surface area contributed by atoms with E-state index in [0.717, 1.165) is 18.8 Å². The molecule has 2 N–H and O–H groups in total. The fourth-order valence-corrected chi connectivity index (χ4v) is 2.63. The minimum absolute atomic E-state index is 0.0576. The molecule has 2 rings (SSSR count). The number of rotatable bonds is 4. The van der Waals surface area contributed by atoms with Gasteiger partial charge in [0.2, 0.25) is 11.8 Å². The first-order chi connectivity index (χ1) is 9.93. The van der Waals surface area contributed by atoms with E-state index < -0.39 is 17.2 Å². The molecule has 1 heterocycles. The lowest BCUT2D eigenvalue weighted by atomic mass is 9.79. The van der Waals surface area contributed by atoms with Crippen molar-refractivity contribution in [2.24, 2.45) is 0 Å². The fourth-order valence-electron chi connectivity index (χ4n) is 2.45. The maximum absolute atomic E-state index is 12.2. The molecule has 0 aliphatic carbocycles. The molecule has 0 aromatic heterocycles. The molecule has 6 heteroatoms. The van der Waals surface area contributed by atoms with E-state index >= 15 is 0 Å². The molecular weight excluding hydrogens is 286 g/mol. The van der Waals surface area contributed by atoms with Crippen LogP contribution >= 0.6 is 12.2 Å². The number of hydrogen-bond acceptors (Lipinski definition) is 4. The zero-order valence-electron chi connectivity index (χ0n) is 12.4. The second-order valence-electron chi connectivity index (χ2n) is 5.08. The van der Waals surface area contributed by atoms with Gasteiger partial charge < -0.3 is 15.5 Å². The molecule has 5 nitrogen and oxygen atoms in total. The number of anilines is 1. The number of nitrogens with one attached hydrogen (secondary N) is 2. The summed E-state index contributed by atoms with van der Waals surface area (Å²) >= 11 is 4.83. The number of nitrogens with zero attached hydrogens (tertiary/aromatic N) is 1. The van der Waals surface area contributed by atoms with E-state index in [0.29, 0.717) is 5.56 Å². The Bertz CT molecular complexity index is 559. The summed E-state index contributed by atoms with van der Waals surface area (Å²) < 4.78 is 0. The van der Waals surface area contributed by atoms with Crippen LogP contribution in [0.4, 0.5) is 5.69 Å². The Morgan fingerprint density at radius 1 is 1.05 bits per heavy atom. The molecule has 0 atom stereocenters. The van der Waals surface area contributed by atoms with Crippen LogP contribution in [0.1, 0.15) is 26.3 Å². The topological polar surface area (TPSA) is 61.4 Å². The van der Waals surface area contributed by atoms with Gasteiger partial charge in [0.15, 0.2) is 10.5 Å². The van der Waals surface area contributed by atoms with Crippen LogP contribution < -0.4 is 15.5 Å². The molecule has 112 valence electrons. The summed E-state index contributed by atoms with van der Waals surface area (Å²) in [5, 5.41) is 5.07. The molecular formula is C15H19N3O2S. The van der Waals surface area contributed by atoms with Gasteiger partial charge in [-0.05, 0) is 50.7 Å². The third kappa shape index (κ3) is 2.63. The molecule has 21 heavy (non-hydrogen) atoms. The number of carbonyl (C=O) groups excluding carboxylic acids is 2. The predicted octanol–water partition coefficient (Wildman–Crippen LogP) is 1.32. The summed E-state index contributed by atoms with van der Waals surface area (Å²) in [6.45, 7) is 7.58. The van der Waals surface area contributed by atoms with Gasteiger partial charge in [-0.25, -0.2) is 0 Å². The number of hydrogen-bond donors (Lipinski definition) is 2. The Morgan fingerprint density at radius 3 is 1.95 bits per heavy atom. The van der Waals surface area contributed by atoms with Gasteiger partial charge in [-0.1, -0.05) is 12.1 Å². The maximum Gasteiger partial charge on any atom is 0.246 e. The molecule has 0 unspecified atom stereocenters. The minimum Gasteiger partial charge on any atom is -0.372 e. The van der Waals surface area contributed by atoms with Crippen LogP contribution in [-0.4, -0.2) is 30.0 Å². The Labute approximate surface area is 129 Å².